The van der Waals surface area contributed by atoms with Crippen LogP contribution in [0.5, 0.6) is 5.75 Å². The fourth-order valence-corrected chi connectivity index (χ4v) is 2.10. The monoisotopic (exact) mass is 336 g/mol. The van der Waals surface area contributed by atoms with Crippen LogP contribution < -0.4 is 15.4 Å². The van der Waals surface area contributed by atoms with E-state index in [9.17, 15) is 4.79 Å². The zero-order valence-electron chi connectivity index (χ0n) is 11.8. The Bertz CT molecular complexity index is 702. The average Bonchev–Trinajstić information content (AvgIpc) is 2.51. The number of hydrogen-bond acceptors (Lipinski definition) is 2. The summed E-state index contributed by atoms with van der Waals surface area (Å²) in [7, 11) is 1.59. The first-order chi connectivity index (χ1) is 10.6. The van der Waals surface area contributed by atoms with Gasteiger partial charge in [0.25, 0.3) is 0 Å². The van der Waals surface area contributed by atoms with Gasteiger partial charge in [0.1, 0.15) is 5.75 Å². The van der Waals surface area contributed by atoms with Crippen molar-refractivity contribution in [2.45, 2.75) is 0 Å². The molecule has 2 N–H and O–H groups in total. The van der Waals surface area contributed by atoms with Gasteiger partial charge in [-0.15, -0.1) is 0 Å². The number of carbonyl (C=O) groups excluding carboxylic acids is 1. The summed E-state index contributed by atoms with van der Waals surface area (Å²) < 4.78 is 5.22. The molecule has 0 radical (unpaired) electrons. The number of ether oxygens (including phenoxy) is 1. The molecule has 0 spiro atoms. The molecule has 0 aliphatic heterocycles. The van der Waals surface area contributed by atoms with E-state index in [2.05, 4.69) is 10.6 Å². The quantitative estimate of drug-likeness (QED) is 0.842. The van der Waals surface area contributed by atoms with Gasteiger partial charge in [0, 0.05) is 16.8 Å². The minimum absolute atomic E-state index is 0.410. The zero-order valence-corrected chi connectivity index (χ0v) is 13.3. The summed E-state index contributed by atoms with van der Waals surface area (Å²) in [5, 5.41) is 6.11. The standard InChI is InChI=1S/C16H14Cl2N2O2/c1-22-15-5-3-2-4-11(15)8-9-19-16(21)20-14-10-12(17)6-7-13(14)18/h2-10H,1H3,(H2,19,20,21)/b9-8+. The third-order valence-corrected chi connectivity index (χ3v) is 3.36. The van der Waals surface area contributed by atoms with Gasteiger partial charge >= 0.3 is 6.03 Å². The smallest absolute Gasteiger partial charge is 0.323 e. The van der Waals surface area contributed by atoms with E-state index in [1.54, 1.807) is 31.4 Å². The topological polar surface area (TPSA) is 50.4 Å². The predicted molar refractivity (Wildman–Crippen MR) is 90.6 cm³/mol. The lowest BCUT2D eigenvalue weighted by Gasteiger charge is -2.07. The van der Waals surface area contributed by atoms with Crippen molar-refractivity contribution in [3.05, 3.63) is 64.3 Å². The summed E-state index contributed by atoms with van der Waals surface area (Å²) in [6, 6.07) is 11.9. The lowest BCUT2D eigenvalue weighted by molar-refractivity contribution is 0.255. The molecule has 4 nitrogen and oxygen atoms in total. The van der Waals surface area contributed by atoms with Crippen LogP contribution in [0.25, 0.3) is 6.08 Å². The van der Waals surface area contributed by atoms with Crippen LogP contribution in [-0.4, -0.2) is 13.1 Å². The number of anilines is 1. The number of hydrogen-bond donors (Lipinski definition) is 2. The van der Waals surface area contributed by atoms with Crippen molar-refractivity contribution in [1.29, 1.82) is 0 Å². The van der Waals surface area contributed by atoms with Crippen LogP contribution in [0, 0.1) is 0 Å². The van der Waals surface area contributed by atoms with Crippen LogP contribution >= 0.6 is 23.2 Å². The largest absolute Gasteiger partial charge is 0.496 e. The van der Waals surface area contributed by atoms with Crippen LogP contribution in [0.4, 0.5) is 10.5 Å². The number of urea groups is 1. The molecule has 114 valence electrons. The molecule has 0 atom stereocenters. The van der Waals surface area contributed by atoms with Crippen LogP contribution in [-0.2, 0) is 0 Å². The third-order valence-electron chi connectivity index (χ3n) is 2.79. The second-order valence-corrected chi connectivity index (χ2v) is 5.14. The molecular weight excluding hydrogens is 323 g/mol. The Hall–Kier alpha value is -2.17. The molecule has 6 heteroatoms. The number of nitrogens with one attached hydrogen (secondary N) is 2. The number of methoxy groups -OCH3 is 1. The summed E-state index contributed by atoms with van der Waals surface area (Å²) in [6.07, 6.45) is 3.25. The highest BCUT2D eigenvalue weighted by molar-refractivity contribution is 6.35. The van der Waals surface area contributed by atoms with Gasteiger partial charge in [-0.05, 0) is 30.3 Å². The first-order valence-corrected chi connectivity index (χ1v) is 7.18. The molecule has 0 aliphatic carbocycles. The highest BCUT2D eigenvalue weighted by Crippen LogP contribution is 2.25. The number of carbonyl (C=O) groups is 1. The Kier molecular flexibility index (Phi) is 5.69. The molecule has 2 rings (SSSR count). The van der Waals surface area contributed by atoms with Crippen molar-refractivity contribution >= 4 is 41.0 Å². The van der Waals surface area contributed by atoms with E-state index < -0.39 is 6.03 Å². The van der Waals surface area contributed by atoms with Crippen LogP contribution in [0.3, 0.4) is 0 Å². The second kappa shape index (κ2) is 7.73. The van der Waals surface area contributed by atoms with Gasteiger partial charge in [-0.3, -0.25) is 0 Å². The molecule has 0 aromatic heterocycles. The van der Waals surface area contributed by atoms with E-state index in [1.807, 2.05) is 24.3 Å². The molecule has 2 amide bonds. The van der Waals surface area contributed by atoms with E-state index in [0.29, 0.717) is 15.7 Å². The molecule has 0 fully saturated rings. The molecule has 0 heterocycles. The Balaban J connectivity index is 1.98. The minimum atomic E-state index is -0.421. The zero-order chi connectivity index (χ0) is 15.9. The molecule has 0 saturated carbocycles. The molecule has 0 bridgehead atoms. The fourth-order valence-electron chi connectivity index (χ4n) is 1.76. The van der Waals surface area contributed by atoms with Gasteiger partial charge in [0.2, 0.25) is 0 Å². The highest BCUT2D eigenvalue weighted by atomic mass is 35.5. The summed E-state index contributed by atoms with van der Waals surface area (Å²) in [5.41, 5.74) is 1.29. The molecule has 0 aliphatic rings. The van der Waals surface area contributed by atoms with Crippen molar-refractivity contribution in [3.63, 3.8) is 0 Å². The van der Waals surface area contributed by atoms with Gasteiger partial charge < -0.3 is 15.4 Å². The summed E-state index contributed by atoms with van der Waals surface area (Å²) in [6.45, 7) is 0. The summed E-state index contributed by atoms with van der Waals surface area (Å²) in [5.74, 6) is 0.721. The molecule has 0 saturated heterocycles. The normalized spacial score (nSPS) is 10.5. The maximum Gasteiger partial charge on any atom is 0.323 e. The van der Waals surface area contributed by atoms with Crippen molar-refractivity contribution < 1.29 is 9.53 Å². The Morgan fingerprint density at radius 3 is 2.73 bits per heavy atom. The minimum Gasteiger partial charge on any atom is -0.496 e. The molecular formula is C16H14Cl2N2O2. The van der Waals surface area contributed by atoms with Crippen molar-refractivity contribution in [2.75, 3.05) is 12.4 Å². The van der Waals surface area contributed by atoms with Gasteiger partial charge in [-0.25, -0.2) is 4.79 Å². The Morgan fingerprint density at radius 2 is 1.95 bits per heavy atom. The van der Waals surface area contributed by atoms with Crippen molar-refractivity contribution in [2.24, 2.45) is 0 Å². The average molecular weight is 337 g/mol. The van der Waals surface area contributed by atoms with Gasteiger partial charge in [-0.2, -0.15) is 0 Å². The number of rotatable bonds is 4. The maximum atomic E-state index is 11.8. The molecule has 0 unspecified atom stereocenters. The Labute approximate surface area is 138 Å². The lowest BCUT2D eigenvalue weighted by atomic mass is 10.2. The highest BCUT2D eigenvalue weighted by Gasteiger charge is 2.05. The van der Waals surface area contributed by atoms with Crippen LogP contribution in [0.1, 0.15) is 5.56 Å². The van der Waals surface area contributed by atoms with Gasteiger partial charge in [0.15, 0.2) is 0 Å². The van der Waals surface area contributed by atoms with E-state index in [4.69, 9.17) is 27.9 Å². The first-order valence-electron chi connectivity index (χ1n) is 6.42. The summed E-state index contributed by atoms with van der Waals surface area (Å²) in [4.78, 5) is 11.8. The SMILES string of the molecule is COc1ccccc1/C=C/NC(=O)Nc1cc(Cl)ccc1Cl. The molecule has 2 aromatic carbocycles. The van der Waals surface area contributed by atoms with E-state index >= 15 is 0 Å². The predicted octanol–water partition coefficient (Wildman–Crippen LogP) is 4.79. The number of halogens is 2. The van der Waals surface area contributed by atoms with Gasteiger partial charge in [-0.1, -0.05) is 41.4 Å². The third kappa shape index (κ3) is 4.41. The van der Waals surface area contributed by atoms with Crippen LogP contribution in [0.2, 0.25) is 10.0 Å². The number of amides is 2. The second-order valence-electron chi connectivity index (χ2n) is 4.30. The number of para-hydroxylation sites is 1. The van der Waals surface area contributed by atoms with Crippen molar-refractivity contribution in [1.82, 2.24) is 5.32 Å². The summed E-state index contributed by atoms with van der Waals surface area (Å²) >= 11 is 11.8. The first kappa shape index (κ1) is 16.2. The molecule has 2 aromatic rings. The van der Waals surface area contributed by atoms with E-state index in [-0.39, 0.29) is 0 Å². The maximum absolute atomic E-state index is 11.8. The van der Waals surface area contributed by atoms with Crippen LogP contribution in [0.15, 0.2) is 48.7 Å². The fraction of sp³-hybridized carbons (Fsp3) is 0.0625. The molecule has 22 heavy (non-hydrogen) atoms. The number of benzene rings is 2. The van der Waals surface area contributed by atoms with Crippen molar-refractivity contribution in [3.8, 4) is 5.75 Å². The Morgan fingerprint density at radius 1 is 1.18 bits per heavy atom. The lowest BCUT2D eigenvalue weighted by Crippen LogP contribution is -2.23. The van der Waals surface area contributed by atoms with Gasteiger partial charge in [0.05, 0.1) is 17.8 Å². The van der Waals surface area contributed by atoms with E-state index in [1.165, 1.54) is 6.20 Å². The van der Waals surface area contributed by atoms with E-state index in [0.717, 1.165) is 11.3 Å².